The van der Waals surface area contributed by atoms with Crippen LogP contribution in [0.1, 0.15) is 5.56 Å². The summed E-state index contributed by atoms with van der Waals surface area (Å²) < 4.78 is 37.6. The van der Waals surface area contributed by atoms with Gasteiger partial charge in [0.2, 0.25) is 10.0 Å². The maximum atomic E-state index is 12.9. The SMILES string of the molecule is N#CCc1ccc(OCC(=O)Nc2ccc(Cl)c(S(=O)(=O)N3CCOCC3)c2)cc1. The quantitative estimate of drug-likeness (QED) is 0.695. The van der Waals surface area contributed by atoms with Gasteiger partial charge in [0.05, 0.1) is 30.7 Å². The molecular weight excluding hydrogens is 430 g/mol. The number of nitrogens with zero attached hydrogens (tertiary/aromatic N) is 2. The van der Waals surface area contributed by atoms with Crippen molar-refractivity contribution >= 4 is 33.2 Å². The van der Waals surface area contributed by atoms with Gasteiger partial charge in [-0.25, -0.2) is 8.42 Å². The number of amides is 1. The van der Waals surface area contributed by atoms with Crippen LogP contribution in [0.5, 0.6) is 5.75 Å². The van der Waals surface area contributed by atoms with Crippen molar-refractivity contribution in [1.82, 2.24) is 4.31 Å². The van der Waals surface area contributed by atoms with Crippen molar-refractivity contribution in [3.8, 4) is 11.8 Å². The number of nitrogens with one attached hydrogen (secondary N) is 1. The van der Waals surface area contributed by atoms with E-state index in [2.05, 4.69) is 11.4 Å². The Morgan fingerprint density at radius 3 is 2.57 bits per heavy atom. The second-order valence-electron chi connectivity index (χ2n) is 6.48. The van der Waals surface area contributed by atoms with E-state index in [1.165, 1.54) is 22.5 Å². The standard InChI is InChI=1S/C20H20ClN3O5S/c21-18-6-3-16(13-19(18)30(26,27)24-9-11-28-12-10-24)23-20(25)14-29-17-4-1-15(2-5-17)7-8-22/h1-6,13H,7,9-12,14H2,(H,23,25). The second-order valence-corrected chi connectivity index (χ2v) is 8.79. The van der Waals surface area contributed by atoms with E-state index in [4.69, 9.17) is 26.3 Å². The molecule has 1 fully saturated rings. The molecule has 1 aliphatic heterocycles. The molecule has 2 aromatic carbocycles. The Hall–Kier alpha value is -2.64. The largest absolute Gasteiger partial charge is 0.484 e. The number of sulfonamides is 1. The molecule has 2 aromatic rings. The molecule has 30 heavy (non-hydrogen) atoms. The fraction of sp³-hybridized carbons (Fsp3) is 0.300. The number of hydrogen-bond acceptors (Lipinski definition) is 6. The van der Waals surface area contributed by atoms with Gasteiger partial charge in [0, 0.05) is 18.8 Å². The first kappa shape index (κ1) is 22.1. The summed E-state index contributed by atoms with van der Waals surface area (Å²) in [5, 5.41) is 11.4. The van der Waals surface area contributed by atoms with E-state index in [1.54, 1.807) is 24.3 Å². The number of morpholine rings is 1. The molecule has 0 radical (unpaired) electrons. The van der Waals surface area contributed by atoms with Crippen LogP contribution in [0.4, 0.5) is 5.69 Å². The molecule has 0 atom stereocenters. The van der Waals surface area contributed by atoms with Gasteiger partial charge in [-0.3, -0.25) is 4.79 Å². The van der Waals surface area contributed by atoms with Crippen LogP contribution in [-0.4, -0.2) is 51.5 Å². The summed E-state index contributed by atoms with van der Waals surface area (Å²) >= 11 is 6.12. The van der Waals surface area contributed by atoms with Crippen molar-refractivity contribution in [2.24, 2.45) is 0 Å². The lowest BCUT2D eigenvalue weighted by Gasteiger charge is -2.26. The average molecular weight is 450 g/mol. The summed E-state index contributed by atoms with van der Waals surface area (Å²) in [6, 6.07) is 13.2. The van der Waals surface area contributed by atoms with Crippen molar-refractivity contribution in [1.29, 1.82) is 5.26 Å². The van der Waals surface area contributed by atoms with Gasteiger partial charge in [0.25, 0.3) is 5.91 Å². The second kappa shape index (κ2) is 9.91. The van der Waals surface area contributed by atoms with Crippen LogP contribution < -0.4 is 10.1 Å². The van der Waals surface area contributed by atoms with Gasteiger partial charge in [-0.05, 0) is 35.9 Å². The Kier molecular flexibility index (Phi) is 7.29. The fourth-order valence-electron chi connectivity index (χ4n) is 2.85. The Morgan fingerprint density at radius 2 is 1.90 bits per heavy atom. The number of rotatable bonds is 7. The molecule has 1 amide bonds. The lowest BCUT2D eigenvalue weighted by molar-refractivity contribution is -0.118. The van der Waals surface area contributed by atoms with Gasteiger partial charge in [0.1, 0.15) is 10.6 Å². The molecule has 0 unspecified atom stereocenters. The number of nitriles is 1. The summed E-state index contributed by atoms with van der Waals surface area (Å²) in [5.74, 6) is 0.0340. The number of hydrogen-bond donors (Lipinski definition) is 1. The van der Waals surface area contributed by atoms with Gasteiger partial charge >= 0.3 is 0 Å². The highest BCUT2D eigenvalue weighted by atomic mass is 35.5. The maximum absolute atomic E-state index is 12.9. The van der Waals surface area contributed by atoms with Gasteiger partial charge in [-0.2, -0.15) is 9.57 Å². The number of anilines is 1. The van der Waals surface area contributed by atoms with Gasteiger partial charge in [-0.1, -0.05) is 23.7 Å². The first-order chi connectivity index (χ1) is 14.4. The summed E-state index contributed by atoms with van der Waals surface area (Å²) in [5.41, 5.74) is 1.15. The minimum absolute atomic E-state index is 0.0714. The Labute approximate surface area is 180 Å². The predicted octanol–water partition coefficient (Wildman–Crippen LogP) is 2.44. The molecule has 0 aliphatic carbocycles. The van der Waals surface area contributed by atoms with Crippen LogP contribution in [0.2, 0.25) is 5.02 Å². The molecule has 8 nitrogen and oxygen atoms in total. The van der Waals surface area contributed by atoms with E-state index in [-0.39, 0.29) is 29.6 Å². The molecule has 158 valence electrons. The van der Waals surface area contributed by atoms with Crippen LogP contribution >= 0.6 is 11.6 Å². The van der Waals surface area contributed by atoms with E-state index in [9.17, 15) is 13.2 Å². The van der Waals surface area contributed by atoms with Crippen LogP contribution in [0, 0.1) is 11.3 Å². The molecule has 0 saturated carbocycles. The van der Waals surface area contributed by atoms with Gasteiger partial charge < -0.3 is 14.8 Å². The lowest BCUT2D eigenvalue weighted by Crippen LogP contribution is -2.40. The summed E-state index contributed by atoms with van der Waals surface area (Å²) in [6.45, 7) is 0.877. The van der Waals surface area contributed by atoms with Crippen LogP contribution in [-0.2, 0) is 26.0 Å². The number of ether oxygens (including phenoxy) is 2. The maximum Gasteiger partial charge on any atom is 0.262 e. The third kappa shape index (κ3) is 5.49. The topological polar surface area (TPSA) is 109 Å². The molecular formula is C20H20ClN3O5S. The molecule has 0 aromatic heterocycles. The highest BCUT2D eigenvalue weighted by Gasteiger charge is 2.28. The molecule has 1 heterocycles. The summed E-state index contributed by atoms with van der Waals surface area (Å²) in [4.78, 5) is 12.1. The zero-order chi connectivity index (χ0) is 21.6. The number of benzene rings is 2. The zero-order valence-corrected chi connectivity index (χ0v) is 17.6. The molecule has 3 rings (SSSR count). The molecule has 1 aliphatic rings. The highest BCUT2D eigenvalue weighted by molar-refractivity contribution is 7.89. The Morgan fingerprint density at radius 1 is 1.20 bits per heavy atom. The van der Waals surface area contributed by atoms with E-state index in [1.807, 2.05) is 0 Å². The number of halogens is 1. The Balaban J connectivity index is 1.64. The van der Waals surface area contributed by atoms with Crippen molar-refractivity contribution in [3.63, 3.8) is 0 Å². The molecule has 0 spiro atoms. The minimum atomic E-state index is -3.80. The minimum Gasteiger partial charge on any atom is -0.484 e. The monoisotopic (exact) mass is 449 g/mol. The molecule has 0 bridgehead atoms. The van der Waals surface area contributed by atoms with Crippen molar-refractivity contribution in [2.45, 2.75) is 11.3 Å². The van der Waals surface area contributed by atoms with E-state index in [0.717, 1.165) is 5.56 Å². The molecule has 10 heteroatoms. The number of carbonyl (C=O) groups excluding carboxylic acids is 1. The van der Waals surface area contributed by atoms with Crippen molar-refractivity contribution in [2.75, 3.05) is 38.2 Å². The van der Waals surface area contributed by atoms with Crippen LogP contribution in [0.3, 0.4) is 0 Å². The van der Waals surface area contributed by atoms with E-state index >= 15 is 0 Å². The zero-order valence-electron chi connectivity index (χ0n) is 16.0. The highest BCUT2D eigenvalue weighted by Crippen LogP contribution is 2.28. The third-order valence-electron chi connectivity index (χ3n) is 4.38. The lowest BCUT2D eigenvalue weighted by atomic mass is 10.2. The molecule has 1 saturated heterocycles. The average Bonchev–Trinajstić information content (AvgIpc) is 2.75. The first-order valence-electron chi connectivity index (χ1n) is 9.16. The molecule has 1 N–H and O–H groups in total. The normalized spacial score (nSPS) is 14.7. The van der Waals surface area contributed by atoms with E-state index < -0.39 is 15.9 Å². The van der Waals surface area contributed by atoms with Crippen molar-refractivity contribution in [3.05, 3.63) is 53.1 Å². The van der Waals surface area contributed by atoms with Crippen LogP contribution in [0.25, 0.3) is 0 Å². The smallest absolute Gasteiger partial charge is 0.262 e. The number of carbonyl (C=O) groups is 1. The van der Waals surface area contributed by atoms with Gasteiger partial charge in [0.15, 0.2) is 6.61 Å². The van der Waals surface area contributed by atoms with Crippen LogP contribution in [0.15, 0.2) is 47.4 Å². The summed E-state index contributed by atoms with van der Waals surface area (Å²) in [7, 11) is -3.80. The predicted molar refractivity (Wildman–Crippen MR) is 111 cm³/mol. The van der Waals surface area contributed by atoms with Gasteiger partial charge in [-0.15, -0.1) is 0 Å². The first-order valence-corrected chi connectivity index (χ1v) is 11.0. The third-order valence-corrected chi connectivity index (χ3v) is 6.76. The van der Waals surface area contributed by atoms with Crippen molar-refractivity contribution < 1.29 is 22.7 Å². The summed E-state index contributed by atoms with van der Waals surface area (Å²) in [6.07, 6.45) is 0.299. The Bertz CT molecular complexity index is 1050. The fourth-order valence-corrected chi connectivity index (χ4v) is 4.75. The van der Waals surface area contributed by atoms with E-state index in [0.29, 0.717) is 31.1 Å².